The number of nitrogens with one attached hydrogen (secondary N) is 1. The second-order valence-electron chi connectivity index (χ2n) is 8.05. The number of amides is 2. The van der Waals surface area contributed by atoms with Crippen LogP contribution in [0.5, 0.6) is 0 Å². The molecule has 7 nitrogen and oxygen atoms in total. The van der Waals surface area contributed by atoms with E-state index in [4.69, 9.17) is 0 Å². The Morgan fingerprint density at radius 1 is 1.00 bits per heavy atom. The minimum Gasteiger partial charge on any atom is -0.478 e. The summed E-state index contributed by atoms with van der Waals surface area (Å²) in [6.07, 6.45) is 1.63. The van der Waals surface area contributed by atoms with E-state index in [2.05, 4.69) is 22.4 Å². The monoisotopic (exact) mass is 487 g/mol. The molecule has 1 fully saturated rings. The first-order chi connectivity index (χ1) is 17.0. The van der Waals surface area contributed by atoms with E-state index < -0.39 is 11.2 Å². The van der Waals surface area contributed by atoms with Gasteiger partial charge in [0.05, 0.1) is 11.3 Å². The zero-order valence-corrected chi connectivity index (χ0v) is 19.8. The number of aliphatic imine (C=N–C) groups is 1. The summed E-state index contributed by atoms with van der Waals surface area (Å²) in [6.45, 7) is 0.501. The van der Waals surface area contributed by atoms with Gasteiger partial charge in [0.25, 0.3) is 0 Å². The summed E-state index contributed by atoms with van der Waals surface area (Å²) in [7, 11) is 0. The van der Waals surface area contributed by atoms with Crippen LogP contribution in [0.1, 0.15) is 28.8 Å². The molecular formula is C27H25N3O4S. The Kier molecular flexibility index (Phi) is 7.95. The number of anilines is 1. The van der Waals surface area contributed by atoms with E-state index in [1.54, 1.807) is 17.0 Å². The highest BCUT2D eigenvalue weighted by Gasteiger charge is 2.35. The number of amidine groups is 1. The minimum atomic E-state index is -1.08. The fourth-order valence-corrected chi connectivity index (χ4v) is 4.84. The van der Waals surface area contributed by atoms with Gasteiger partial charge in [-0.15, -0.1) is 0 Å². The molecule has 3 aromatic carbocycles. The lowest BCUT2D eigenvalue weighted by Gasteiger charge is -2.32. The van der Waals surface area contributed by atoms with E-state index >= 15 is 0 Å². The molecule has 3 aromatic rings. The molecule has 0 bridgehead atoms. The molecule has 35 heavy (non-hydrogen) atoms. The first kappa shape index (κ1) is 24.2. The minimum absolute atomic E-state index is 0.0360. The molecule has 4 rings (SSSR count). The predicted octanol–water partition coefficient (Wildman–Crippen LogP) is 4.98. The molecule has 1 heterocycles. The summed E-state index contributed by atoms with van der Waals surface area (Å²) in [5, 5.41) is 11.7. The average molecular weight is 488 g/mol. The van der Waals surface area contributed by atoms with Crippen molar-refractivity contribution in [2.24, 2.45) is 4.99 Å². The molecule has 0 spiro atoms. The zero-order valence-electron chi connectivity index (χ0n) is 19.0. The Bertz CT molecular complexity index is 1230. The highest BCUT2D eigenvalue weighted by Crippen LogP contribution is 2.30. The molecule has 2 amide bonds. The Hall–Kier alpha value is -3.91. The number of hydrogen-bond acceptors (Lipinski definition) is 5. The number of carboxylic acid groups (broad SMARTS) is 1. The van der Waals surface area contributed by atoms with Gasteiger partial charge in [0.15, 0.2) is 5.17 Å². The predicted molar refractivity (Wildman–Crippen MR) is 138 cm³/mol. The number of benzene rings is 3. The summed E-state index contributed by atoms with van der Waals surface area (Å²) in [5.74, 6) is -1.60. The summed E-state index contributed by atoms with van der Waals surface area (Å²) in [5.41, 5.74) is 2.35. The number of nitrogens with zero attached hydrogens (tertiary/aromatic N) is 2. The Labute approximate surface area is 207 Å². The normalized spacial score (nSPS) is 16.8. The molecule has 8 heteroatoms. The number of aryl methyl sites for hydroxylation is 1. The Balaban J connectivity index is 1.49. The summed E-state index contributed by atoms with van der Waals surface area (Å²) >= 11 is 1.25. The number of aromatic carboxylic acids is 1. The van der Waals surface area contributed by atoms with Gasteiger partial charge in [-0.05, 0) is 48.7 Å². The van der Waals surface area contributed by atoms with Crippen LogP contribution >= 0.6 is 11.8 Å². The van der Waals surface area contributed by atoms with Crippen LogP contribution in [-0.2, 0) is 16.0 Å². The lowest BCUT2D eigenvalue weighted by atomic mass is 10.1. The average Bonchev–Trinajstić information content (AvgIpc) is 2.87. The largest absolute Gasteiger partial charge is 0.478 e. The summed E-state index contributed by atoms with van der Waals surface area (Å²) in [6, 6.07) is 25.4. The van der Waals surface area contributed by atoms with Crippen molar-refractivity contribution >= 4 is 46.1 Å². The van der Waals surface area contributed by atoms with Gasteiger partial charge in [-0.25, -0.2) is 9.79 Å². The third-order valence-electron chi connectivity index (χ3n) is 5.48. The fourth-order valence-electron chi connectivity index (χ4n) is 3.71. The molecular weight excluding hydrogens is 462 g/mol. The summed E-state index contributed by atoms with van der Waals surface area (Å²) < 4.78 is 0. The number of carbonyl (C=O) groups is 3. The lowest BCUT2D eigenvalue weighted by molar-refractivity contribution is -0.129. The van der Waals surface area contributed by atoms with Crippen molar-refractivity contribution in [2.45, 2.75) is 24.5 Å². The molecule has 178 valence electrons. The van der Waals surface area contributed by atoms with Crippen molar-refractivity contribution in [3.63, 3.8) is 0 Å². The van der Waals surface area contributed by atoms with Crippen molar-refractivity contribution in [2.75, 3.05) is 11.9 Å². The third-order valence-corrected chi connectivity index (χ3v) is 6.67. The first-order valence-corrected chi connectivity index (χ1v) is 12.2. The first-order valence-electron chi connectivity index (χ1n) is 11.3. The molecule has 1 atom stereocenters. The molecule has 2 N–H and O–H groups in total. The van der Waals surface area contributed by atoms with Gasteiger partial charge in [0.1, 0.15) is 5.25 Å². The van der Waals surface area contributed by atoms with E-state index in [9.17, 15) is 19.5 Å². The molecule has 0 radical (unpaired) electrons. The molecule has 1 saturated heterocycles. The standard InChI is InChI=1S/C27H25N3O4S/c31-24-18-23(25(32)28-22-15-7-12-20(17-22)26(33)34)35-27(29-21-13-5-2-6-14-21)30(24)16-8-11-19-9-3-1-4-10-19/h1-7,9-10,12-15,17,23H,8,11,16,18H2,(H,28,32)(H,33,34). The van der Waals surface area contributed by atoms with Crippen LogP contribution in [0.25, 0.3) is 0 Å². The van der Waals surface area contributed by atoms with Gasteiger partial charge in [-0.2, -0.15) is 0 Å². The smallest absolute Gasteiger partial charge is 0.335 e. The van der Waals surface area contributed by atoms with Crippen LogP contribution in [0.3, 0.4) is 0 Å². The van der Waals surface area contributed by atoms with E-state index in [-0.39, 0.29) is 23.8 Å². The van der Waals surface area contributed by atoms with E-state index in [0.717, 1.165) is 12.8 Å². The van der Waals surface area contributed by atoms with Gasteiger partial charge in [0.2, 0.25) is 11.8 Å². The summed E-state index contributed by atoms with van der Waals surface area (Å²) in [4.78, 5) is 43.7. The molecule has 0 saturated carbocycles. The highest BCUT2D eigenvalue weighted by molar-refractivity contribution is 8.15. The number of carbonyl (C=O) groups excluding carboxylic acids is 2. The van der Waals surface area contributed by atoms with Gasteiger partial charge in [0, 0.05) is 18.7 Å². The van der Waals surface area contributed by atoms with Gasteiger partial charge < -0.3 is 10.4 Å². The van der Waals surface area contributed by atoms with Crippen LogP contribution in [0, 0.1) is 0 Å². The lowest BCUT2D eigenvalue weighted by Crippen LogP contribution is -2.45. The van der Waals surface area contributed by atoms with Crippen LogP contribution in [0.4, 0.5) is 11.4 Å². The number of carboxylic acids is 1. The fraction of sp³-hybridized carbons (Fsp3) is 0.185. The van der Waals surface area contributed by atoms with Crippen molar-refractivity contribution in [1.82, 2.24) is 4.90 Å². The molecule has 0 aromatic heterocycles. The SMILES string of the molecule is O=C(O)c1cccc(NC(=O)C2CC(=O)N(CCCc3ccccc3)C(=Nc3ccccc3)S2)c1. The molecule has 1 aliphatic rings. The maximum atomic E-state index is 13.1. The Morgan fingerprint density at radius 3 is 2.43 bits per heavy atom. The maximum absolute atomic E-state index is 13.1. The van der Waals surface area contributed by atoms with E-state index in [0.29, 0.717) is 23.1 Å². The van der Waals surface area contributed by atoms with Crippen LogP contribution in [0.15, 0.2) is 89.9 Å². The molecule has 1 unspecified atom stereocenters. The van der Waals surface area contributed by atoms with Crippen molar-refractivity contribution in [1.29, 1.82) is 0 Å². The van der Waals surface area contributed by atoms with Crippen LogP contribution < -0.4 is 5.32 Å². The number of hydrogen-bond donors (Lipinski definition) is 2. The van der Waals surface area contributed by atoms with Crippen molar-refractivity contribution in [3.05, 3.63) is 96.1 Å². The van der Waals surface area contributed by atoms with Crippen LogP contribution in [0.2, 0.25) is 0 Å². The maximum Gasteiger partial charge on any atom is 0.335 e. The molecule has 1 aliphatic heterocycles. The van der Waals surface area contributed by atoms with Gasteiger partial charge in [-0.1, -0.05) is 66.4 Å². The van der Waals surface area contributed by atoms with Crippen molar-refractivity contribution < 1.29 is 19.5 Å². The van der Waals surface area contributed by atoms with Gasteiger partial charge >= 0.3 is 5.97 Å². The Morgan fingerprint density at radius 2 is 1.71 bits per heavy atom. The second kappa shape index (κ2) is 11.5. The van der Waals surface area contributed by atoms with Crippen molar-refractivity contribution in [3.8, 4) is 0 Å². The van der Waals surface area contributed by atoms with E-state index in [1.807, 2.05) is 48.5 Å². The third kappa shape index (κ3) is 6.58. The topological polar surface area (TPSA) is 99.1 Å². The highest BCUT2D eigenvalue weighted by atomic mass is 32.2. The van der Waals surface area contributed by atoms with Crippen LogP contribution in [-0.4, -0.2) is 44.8 Å². The number of para-hydroxylation sites is 1. The van der Waals surface area contributed by atoms with Gasteiger partial charge in [-0.3, -0.25) is 14.5 Å². The zero-order chi connectivity index (χ0) is 24.6. The van der Waals surface area contributed by atoms with E-state index in [1.165, 1.54) is 29.5 Å². The number of thioether (sulfide) groups is 1. The quantitative estimate of drug-likeness (QED) is 0.467. The molecule has 0 aliphatic carbocycles. The number of rotatable bonds is 8. The second-order valence-corrected chi connectivity index (χ2v) is 9.22.